The zero-order chi connectivity index (χ0) is 12.8. The molecule has 98 valence electrons. The first-order valence-corrected chi connectivity index (χ1v) is 6.88. The number of aromatic nitrogens is 3. The Balaban J connectivity index is 2.03. The van der Waals surface area contributed by atoms with Crippen LogP contribution in [-0.4, -0.2) is 15.4 Å². The van der Waals surface area contributed by atoms with E-state index >= 15 is 0 Å². The fourth-order valence-corrected chi connectivity index (χ4v) is 2.39. The van der Waals surface area contributed by atoms with Crippen LogP contribution >= 0.6 is 0 Å². The summed E-state index contributed by atoms with van der Waals surface area (Å²) in [4.78, 5) is 0. The van der Waals surface area contributed by atoms with Gasteiger partial charge >= 0.3 is 0 Å². The van der Waals surface area contributed by atoms with Crippen LogP contribution in [0.1, 0.15) is 50.2 Å². The number of aryl methyl sites for hydroxylation is 1. The van der Waals surface area contributed by atoms with Gasteiger partial charge in [-0.1, -0.05) is 38.7 Å². The van der Waals surface area contributed by atoms with E-state index in [4.69, 9.17) is 5.73 Å². The molecule has 0 saturated heterocycles. The Morgan fingerprint density at radius 2 is 1.94 bits per heavy atom. The van der Waals surface area contributed by atoms with Gasteiger partial charge in [0.15, 0.2) is 0 Å². The van der Waals surface area contributed by atoms with Crippen molar-refractivity contribution in [2.75, 3.05) is 0 Å². The molecule has 4 heteroatoms. The number of nitrogens with two attached hydrogens (primary N) is 1. The van der Waals surface area contributed by atoms with E-state index in [1.54, 1.807) is 0 Å². The van der Waals surface area contributed by atoms with E-state index in [0.717, 1.165) is 23.0 Å². The van der Waals surface area contributed by atoms with Gasteiger partial charge in [-0.3, -0.25) is 0 Å². The number of hydrogen-bond donors (Lipinski definition) is 2. The summed E-state index contributed by atoms with van der Waals surface area (Å²) in [7, 11) is 0. The highest BCUT2D eigenvalue weighted by molar-refractivity contribution is 5.78. The number of hydrogen-bond acceptors (Lipinski definition) is 3. The molecule has 18 heavy (non-hydrogen) atoms. The van der Waals surface area contributed by atoms with Crippen LogP contribution in [0.15, 0.2) is 12.1 Å². The standard InChI is InChI=1S/C14H22N4/c1-2-3-4-5-6-7-11-8-9-13-14(12(11)10-15)17-18-16-13/h8-9H,2-7,10,15H2,1H3,(H,16,17,18). The van der Waals surface area contributed by atoms with Gasteiger partial charge in [0.2, 0.25) is 0 Å². The first-order valence-electron chi connectivity index (χ1n) is 6.88. The number of benzene rings is 1. The number of rotatable bonds is 7. The molecule has 0 aliphatic rings. The van der Waals surface area contributed by atoms with E-state index in [1.807, 2.05) is 6.07 Å². The summed E-state index contributed by atoms with van der Waals surface area (Å²) in [5.41, 5.74) is 10.2. The van der Waals surface area contributed by atoms with Gasteiger partial charge in [-0.15, -0.1) is 0 Å². The third kappa shape index (κ3) is 2.88. The zero-order valence-electron chi connectivity index (χ0n) is 11.1. The second-order valence-electron chi connectivity index (χ2n) is 4.76. The third-order valence-electron chi connectivity index (χ3n) is 3.44. The molecule has 2 aromatic rings. The molecule has 0 amide bonds. The Labute approximate surface area is 108 Å². The summed E-state index contributed by atoms with van der Waals surface area (Å²) in [6, 6.07) is 4.17. The number of aromatic amines is 1. The van der Waals surface area contributed by atoms with E-state index in [1.165, 1.54) is 37.7 Å². The quantitative estimate of drug-likeness (QED) is 0.738. The number of unbranched alkanes of at least 4 members (excludes halogenated alkanes) is 4. The molecule has 2 rings (SSSR count). The van der Waals surface area contributed by atoms with Gasteiger partial charge in [0.1, 0.15) is 11.0 Å². The molecular formula is C14H22N4. The highest BCUT2D eigenvalue weighted by Crippen LogP contribution is 2.20. The molecule has 0 fully saturated rings. The third-order valence-corrected chi connectivity index (χ3v) is 3.44. The Hall–Kier alpha value is -1.42. The molecular weight excluding hydrogens is 224 g/mol. The van der Waals surface area contributed by atoms with Gasteiger partial charge in [0.05, 0.1) is 0 Å². The first-order chi connectivity index (χ1) is 8.86. The van der Waals surface area contributed by atoms with E-state index in [9.17, 15) is 0 Å². The number of nitrogens with one attached hydrogen (secondary N) is 1. The average Bonchev–Trinajstić information content (AvgIpc) is 2.86. The Morgan fingerprint density at radius 3 is 2.72 bits per heavy atom. The average molecular weight is 246 g/mol. The summed E-state index contributed by atoms with van der Waals surface area (Å²) < 4.78 is 0. The van der Waals surface area contributed by atoms with Crippen molar-refractivity contribution in [3.63, 3.8) is 0 Å². The SMILES string of the molecule is CCCCCCCc1ccc2n[nH]nc2c1CN. The number of H-pyrrole nitrogens is 1. The van der Waals surface area contributed by atoms with Crippen LogP contribution < -0.4 is 5.73 Å². The molecule has 0 spiro atoms. The lowest BCUT2D eigenvalue weighted by Crippen LogP contribution is -2.03. The minimum absolute atomic E-state index is 0.536. The highest BCUT2D eigenvalue weighted by atomic mass is 15.3. The Kier molecular flexibility index (Phi) is 4.70. The van der Waals surface area contributed by atoms with E-state index in [2.05, 4.69) is 28.4 Å². The van der Waals surface area contributed by atoms with Crippen LogP contribution in [0.25, 0.3) is 11.0 Å². The molecule has 0 bridgehead atoms. The van der Waals surface area contributed by atoms with Crippen LogP contribution in [0.3, 0.4) is 0 Å². The van der Waals surface area contributed by atoms with Crippen molar-refractivity contribution in [2.24, 2.45) is 5.73 Å². The van der Waals surface area contributed by atoms with Gasteiger partial charge in [-0.05, 0) is 30.0 Å². The maximum absolute atomic E-state index is 5.85. The molecule has 4 nitrogen and oxygen atoms in total. The summed E-state index contributed by atoms with van der Waals surface area (Å²) in [5.74, 6) is 0. The van der Waals surface area contributed by atoms with E-state index in [0.29, 0.717) is 6.54 Å². The van der Waals surface area contributed by atoms with Crippen molar-refractivity contribution in [3.8, 4) is 0 Å². The van der Waals surface area contributed by atoms with Crippen molar-refractivity contribution in [1.82, 2.24) is 15.4 Å². The van der Waals surface area contributed by atoms with Crippen molar-refractivity contribution < 1.29 is 0 Å². The first kappa shape index (κ1) is 13.0. The maximum Gasteiger partial charge on any atom is 0.117 e. The lowest BCUT2D eigenvalue weighted by atomic mass is 9.99. The molecule has 0 atom stereocenters. The topological polar surface area (TPSA) is 67.6 Å². The molecule has 0 unspecified atom stereocenters. The second kappa shape index (κ2) is 6.50. The van der Waals surface area contributed by atoms with Crippen molar-refractivity contribution in [1.29, 1.82) is 0 Å². The van der Waals surface area contributed by atoms with Gasteiger partial charge in [0.25, 0.3) is 0 Å². The van der Waals surface area contributed by atoms with E-state index < -0.39 is 0 Å². The minimum Gasteiger partial charge on any atom is -0.326 e. The molecule has 3 N–H and O–H groups in total. The second-order valence-corrected chi connectivity index (χ2v) is 4.76. The van der Waals surface area contributed by atoms with Gasteiger partial charge in [-0.25, -0.2) is 0 Å². The summed E-state index contributed by atoms with van der Waals surface area (Å²) in [6.07, 6.45) is 7.59. The maximum atomic E-state index is 5.85. The normalized spacial score (nSPS) is 11.2. The Morgan fingerprint density at radius 1 is 1.11 bits per heavy atom. The Bertz CT molecular complexity index is 489. The predicted molar refractivity (Wildman–Crippen MR) is 74.2 cm³/mol. The van der Waals surface area contributed by atoms with Crippen molar-refractivity contribution in [2.45, 2.75) is 52.0 Å². The van der Waals surface area contributed by atoms with Crippen molar-refractivity contribution in [3.05, 3.63) is 23.3 Å². The molecule has 1 aromatic carbocycles. The van der Waals surface area contributed by atoms with E-state index in [-0.39, 0.29) is 0 Å². The smallest absolute Gasteiger partial charge is 0.117 e. The van der Waals surface area contributed by atoms with Crippen LogP contribution in [0.5, 0.6) is 0 Å². The molecule has 0 radical (unpaired) electrons. The summed E-state index contributed by atoms with van der Waals surface area (Å²) >= 11 is 0. The monoisotopic (exact) mass is 246 g/mol. The van der Waals surface area contributed by atoms with Gasteiger partial charge in [-0.2, -0.15) is 15.4 Å². The lowest BCUT2D eigenvalue weighted by molar-refractivity contribution is 0.631. The van der Waals surface area contributed by atoms with Crippen LogP contribution in [-0.2, 0) is 13.0 Å². The zero-order valence-corrected chi connectivity index (χ0v) is 11.1. The van der Waals surface area contributed by atoms with Gasteiger partial charge < -0.3 is 5.73 Å². The summed E-state index contributed by atoms with van der Waals surface area (Å²) in [5, 5.41) is 11.0. The largest absolute Gasteiger partial charge is 0.326 e. The van der Waals surface area contributed by atoms with Crippen LogP contribution in [0.4, 0.5) is 0 Å². The predicted octanol–water partition coefficient (Wildman–Crippen LogP) is 2.93. The number of fused-ring (bicyclic) bond motifs is 1. The highest BCUT2D eigenvalue weighted by Gasteiger charge is 2.09. The van der Waals surface area contributed by atoms with Crippen LogP contribution in [0, 0.1) is 0 Å². The van der Waals surface area contributed by atoms with Crippen LogP contribution in [0.2, 0.25) is 0 Å². The molecule has 1 aromatic heterocycles. The fourth-order valence-electron chi connectivity index (χ4n) is 2.39. The molecule has 1 heterocycles. The minimum atomic E-state index is 0.536. The van der Waals surface area contributed by atoms with Crippen molar-refractivity contribution >= 4 is 11.0 Å². The molecule has 0 saturated carbocycles. The molecule has 0 aliphatic carbocycles. The number of nitrogens with zero attached hydrogens (tertiary/aromatic N) is 2. The summed E-state index contributed by atoms with van der Waals surface area (Å²) in [6.45, 7) is 2.78. The lowest BCUT2D eigenvalue weighted by Gasteiger charge is -2.07. The fraction of sp³-hybridized carbons (Fsp3) is 0.571. The molecule has 0 aliphatic heterocycles. The van der Waals surface area contributed by atoms with Gasteiger partial charge in [0, 0.05) is 6.54 Å².